The maximum atomic E-state index is 4.21. The highest BCUT2D eigenvalue weighted by molar-refractivity contribution is 7.80. The second-order valence-electron chi connectivity index (χ2n) is 4.42. The highest BCUT2D eigenvalue weighted by atomic mass is 32.1. The zero-order valence-corrected chi connectivity index (χ0v) is 9.57. The summed E-state index contributed by atoms with van der Waals surface area (Å²) in [5.74, 6) is 0.925. The minimum atomic E-state index is 0.263. The summed E-state index contributed by atoms with van der Waals surface area (Å²) in [7, 11) is 0. The second kappa shape index (κ2) is 4.19. The molecule has 0 saturated heterocycles. The molecule has 0 spiro atoms. The first-order valence-corrected chi connectivity index (χ1v) is 5.37. The molecule has 72 valence electrons. The first kappa shape index (κ1) is 10.6. The predicted molar refractivity (Wildman–Crippen MR) is 62.7 cm³/mol. The van der Waals surface area contributed by atoms with Crippen LogP contribution in [0, 0.1) is 0 Å². The third-order valence-electron chi connectivity index (χ3n) is 2.22. The molecule has 0 amide bonds. The van der Waals surface area contributed by atoms with E-state index in [-0.39, 0.29) is 5.41 Å². The van der Waals surface area contributed by atoms with Crippen LogP contribution in [0.25, 0.3) is 0 Å². The van der Waals surface area contributed by atoms with Crippen LogP contribution in [0.3, 0.4) is 0 Å². The lowest BCUT2D eigenvalue weighted by Gasteiger charge is -2.19. The molecule has 0 bridgehead atoms. The van der Waals surface area contributed by atoms with Crippen LogP contribution in [-0.2, 0) is 11.8 Å². The highest BCUT2D eigenvalue weighted by Gasteiger charge is 2.12. The van der Waals surface area contributed by atoms with E-state index in [0.29, 0.717) is 0 Å². The Morgan fingerprint density at radius 3 is 2.00 bits per heavy atom. The van der Waals surface area contributed by atoms with Crippen LogP contribution in [0.1, 0.15) is 31.9 Å². The predicted octanol–water partition coefficient (Wildman–Crippen LogP) is 3.46. The van der Waals surface area contributed by atoms with Gasteiger partial charge in [0.1, 0.15) is 0 Å². The third-order valence-corrected chi connectivity index (χ3v) is 2.44. The molecule has 0 atom stereocenters. The second-order valence-corrected chi connectivity index (χ2v) is 4.87. The van der Waals surface area contributed by atoms with E-state index in [4.69, 9.17) is 0 Å². The van der Waals surface area contributed by atoms with Crippen LogP contribution in [0.2, 0.25) is 0 Å². The van der Waals surface area contributed by atoms with Gasteiger partial charge in [-0.15, -0.1) is 0 Å². The van der Waals surface area contributed by atoms with Gasteiger partial charge in [0, 0.05) is 0 Å². The first-order chi connectivity index (χ1) is 6.04. The van der Waals surface area contributed by atoms with Gasteiger partial charge in [-0.05, 0) is 28.7 Å². The van der Waals surface area contributed by atoms with Gasteiger partial charge < -0.3 is 0 Å². The fourth-order valence-electron chi connectivity index (χ4n) is 1.30. The SMILES string of the molecule is CC(C)(C)c1ccc(CCS)cc1. The molecule has 0 fully saturated rings. The van der Waals surface area contributed by atoms with E-state index in [9.17, 15) is 0 Å². The summed E-state index contributed by atoms with van der Waals surface area (Å²) in [4.78, 5) is 0. The molecule has 1 rings (SSSR count). The van der Waals surface area contributed by atoms with E-state index in [1.807, 2.05) is 0 Å². The van der Waals surface area contributed by atoms with Gasteiger partial charge in [-0.1, -0.05) is 45.0 Å². The molecule has 0 aliphatic heterocycles. The van der Waals surface area contributed by atoms with E-state index in [2.05, 4.69) is 57.7 Å². The van der Waals surface area contributed by atoms with Gasteiger partial charge in [-0.2, -0.15) is 12.6 Å². The molecule has 0 heterocycles. The number of hydrogen-bond acceptors (Lipinski definition) is 1. The van der Waals surface area contributed by atoms with Crippen molar-refractivity contribution in [2.45, 2.75) is 32.6 Å². The Morgan fingerprint density at radius 1 is 1.08 bits per heavy atom. The molecule has 1 heteroatoms. The molecule has 0 radical (unpaired) electrons. The van der Waals surface area contributed by atoms with Crippen LogP contribution >= 0.6 is 12.6 Å². The van der Waals surface area contributed by atoms with Crippen LogP contribution in [0.5, 0.6) is 0 Å². The van der Waals surface area contributed by atoms with E-state index >= 15 is 0 Å². The van der Waals surface area contributed by atoms with Crippen molar-refractivity contribution >= 4 is 12.6 Å². The summed E-state index contributed by atoms with van der Waals surface area (Å²) >= 11 is 4.21. The summed E-state index contributed by atoms with van der Waals surface area (Å²) in [5.41, 5.74) is 3.04. The molecule has 0 aliphatic carbocycles. The highest BCUT2D eigenvalue weighted by Crippen LogP contribution is 2.22. The van der Waals surface area contributed by atoms with Crippen molar-refractivity contribution in [3.63, 3.8) is 0 Å². The smallest absolute Gasteiger partial charge is 0.00574 e. The molecule has 0 aliphatic rings. The topological polar surface area (TPSA) is 0 Å². The van der Waals surface area contributed by atoms with Gasteiger partial charge in [-0.3, -0.25) is 0 Å². The summed E-state index contributed by atoms with van der Waals surface area (Å²) in [6.45, 7) is 6.71. The lowest BCUT2D eigenvalue weighted by molar-refractivity contribution is 0.590. The average Bonchev–Trinajstić information content (AvgIpc) is 2.04. The van der Waals surface area contributed by atoms with Gasteiger partial charge in [0.2, 0.25) is 0 Å². The van der Waals surface area contributed by atoms with Crippen molar-refractivity contribution in [2.24, 2.45) is 0 Å². The fraction of sp³-hybridized carbons (Fsp3) is 0.500. The molecular weight excluding hydrogens is 176 g/mol. The molecule has 1 aromatic carbocycles. The zero-order chi connectivity index (χ0) is 9.90. The van der Waals surface area contributed by atoms with Crippen molar-refractivity contribution in [2.75, 3.05) is 5.75 Å². The molecule has 0 N–H and O–H groups in total. The summed E-state index contributed by atoms with van der Waals surface area (Å²) in [5, 5.41) is 0. The standard InChI is InChI=1S/C12H18S/c1-12(2,3)11-6-4-10(5-7-11)8-9-13/h4-7,13H,8-9H2,1-3H3. The van der Waals surface area contributed by atoms with Crippen LogP contribution in [0.15, 0.2) is 24.3 Å². The Balaban J connectivity index is 2.81. The maximum absolute atomic E-state index is 4.21. The van der Waals surface area contributed by atoms with E-state index < -0.39 is 0 Å². The van der Waals surface area contributed by atoms with Crippen molar-refractivity contribution in [3.8, 4) is 0 Å². The Hall–Kier alpha value is -0.430. The molecular formula is C12H18S. The average molecular weight is 194 g/mol. The fourth-order valence-corrected chi connectivity index (χ4v) is 1.56. The lowest BCUT2D eigenvalue weighted by atomic mass is 9.86. The third kappa shape index (κ3) is 3.07. The summed E-state index contributed by atoms with van der Waals surface area (Å²) in [6.07, 6.45) is 1.06. The summed E-state index contributed by atoms with van der Waals surface area (Å²) < 4.78 is 0. The van der Waals surface area contributed by atoms with Crippen LogP contribution in [0.4, 0.5) is 0 Å². The number of rotatable bonds is 2. The van der Waals surface area contributed by atoms with Gasteiger partial charge in [0.15, 0.2) is 0 Å². The minimum absolute atomic E-state index is 0.263. The van der Waals surface area contributed by atoms with E-state index in [0.717, 1.165) is 12.2 Å². The van der Waals surface area contributed by atoms with Crippen LogP contribution in [-0.4, -0.2) is 5.75 Å². The number of benzene rings is 1. The Bertz CT molecular complexity index is 253. The van der Waals surface area contributed by atoms with Gasteiger partial charge in [0.25, 0.3) is 0 Å². The zero-order valence-electron chi connectivity index (χ0n) is 8.67. The van der Waals surface area contributed by atoms with Crippen molar-refractivity contribution in [1.29, 1.82) is 0 Å². The van der Waals surface area contributed by atoms with E-state index in [1.165, 1.54) is 11.1 Å². The van der Waals surface area contributed by atoms with Gasteiger partial charge >= 0.3 is 0 Å². The first-order valence-electron chi connectivity index (χ1n) is 4.74. The lowest BCUT2D eigenvalue weighted by Crippen LogP contribution is -2.10. The Morgan fingerprint density at radius 2 is 1.62 bits per heavy atom. The molecule has 0 saturated carbocycles. The Kier molecular flexibility index (Phi) is 3.43. The quantitative estimate of drug-likeness (QED) is 0.685. The maximum Gasteiger partial charge on any atom is -0.00574 e. The Labute approximate surface area is 86.8 Å². The molecule has 0 nitrogen and oxygen atoms in total. The van der Waals surface area contributed by atoms with Crippen LogP contribution < -0.4 is 0 Å². The molecule has 13 heavy (non-hydrogen) atoms. The van der Waals surface area contributed by atoms with Crippen molar-refractivity contribution < 1.29 is 0 Å². The molecule has 1 aromatic rings. The minimum Gasteiger partial charge on any atom is -0.179 e. The largest absolute Gasteiger partial charge is 0.179 e. The normalized spacial score (nSPS) is 11.7. The number of thiol groups is 1. The number of hydrogen-bond donors (Lipinski definition) is 1. The van der Waals surface area contributed by atoms with Gasteiger partial charge in [0.05, 0.1) is 0 Å². The van der Waals surface area contributed by atoms with Gasteiger partial charge in [-0.25, -0.2) is 0 Å². The molecule has 0 aromatic heterocycles. The van der Waals surface area contributed by atoms with Crippen molar-refractivity contribution in [3.05, 3.63) is 35.4 Å². The number of aryl methyl sites for hydroxylation is 1. The molecule has 0 unspecified atom stereocenters. The van der Waals surface area contributed by atoms with Crippen molar-refractivity contribution in [1.82, 2.24) is 0 Å². The monoisotopic (exact) mass is 194 g/mol. The summed E-state index contributed by atoms with van der Waals surface area (Å²) in [6, 6.07) is 8.85. The van der Waals surface area contributed by atoms with E-state index in [1.54, 1.807) is 0 Å².